The van der Waals surface area contributed by atoms with E-state index in [1.54, 1.807) is 19.3 Å². The van der Waals surface area contributed by atoms with Crippen molar-refractivity contribution in [1.29, 1.82) is 5.41 Å². The Bertz CT molecular complexity index is 663. The molecule has 0 saturated heterocycles. The van der Waals surface area contributed by atoms with Crippen LogP contribution in [0.2, 0.25) is 0 Å². The van der Waals surface area contributed by atoms with Crippen LogP contribution in [0.3, 0.4) is 0 Å². The Balaban J connectivity index is 3.01. The summed E-state index contributed by atoms with van der Waals surface area (Å²) in [6.45, 7) is 10.7. The zero-order valence-corrected chi connectivity index (χ0v) is 17.1. The van der Waals surface area contributed by atoms with E-state index in [2.05, 4.69) is 44.1 Å². The molecule has 1 aromatic rings. The lowest BCUT2D eigenvalue weighted by molar-refractivity contribution is 0.403. The molecule has 3 N–H and O–H groups in total. The van der Waals surface area contributed by atoms with E-state index >= 15 is 0 Å². The van der Waals surface area contributed by atoms with E-state index < -0.39 is 0 Å². The van der Waals surface area contributed by atoms with Crippen LogP contribution in [0.4, 0.5) is 5.69 Å². The second-order valence-corrected chi connectivity index (χ2v) is 6.44. The standard InChI is InChI=1S/C22H33N3O2/c1-7-16(3)18(8-2)15-22(24-17(4)9-14-21(23)27-6)25-19-10-12-20(26-5)13-11-19/h9-16,18,23-25H,4,7-8H2,1-3,5-6H3/b14-9-,22-15+,23-21?. The molecule has 2 atom stereocenters. The molecule has 148 valence electrons. The summed E-state index contributed by atoms with van der Waals surface area (Å²) in [5.74, 6) is 2.78. The zero-order chi connectivity index (χ0) is 20.2. The van der Waals surface area contributed by atoms with E-state index in [0.717, 1.165) is 30.1 Å². The van der Waals surface area contributed by atoms with Crippen molar-refractivity contribution < 1.29 is 9.47 Å². The van der Waals surface area contributed by atoms with Crippen LogP contribution in [0.15, 0.2) is 60.6 Å². The molecule has 0 aliphatic heterocycles. The van der Waals surface area contributed by atoms with E-state index in [-0.39, 0.29) is 5.90 Å². The fourth-order valence-corrected chi connectivity index (χ4v) is 2.60. The minimum absolute atomic E-state index is 0.0811. The molecular weight excluding hydrogens is 338 g/mol. The Morgan fingerprint density at radius 2 is 1.81 bits per heavy atom. The Kier molecular flexibility index (Phi) is 9.80. The molecule has 1 rings (SSSR count). The van der Waals surface area contributed by atoms with Gasteiger partial charge in [0.25, 0.3) is 0 Å². The van der Waals surface area contributed by atoms with Gasteiger partial charge in [0.05, 0.1) is 14.2 Å². The summed E-state index contributed by atoms with van der Waals surface area (Å²) in [7, 11) is 3.12. The monoisotopic (exact) mass is 371 g/mol. The van der Waals surface area contributed by atoms with Crippen LogP contribution in [0.5, 0.6) is 5.75 Å². The van der Waals surface area contributed by atoms with Gasteiger partial charge in [-0.3, -0.25) is 5.41 Å². The summed E-state index contributed by atoms with van der Waals surface area (Å²) in [6.07, 6.45) is 7.68. The normalized spacial score (nSPS) is 13.7. The van der Waals surface area contributed by atoms with Crippen LogP contribution < -0.4 is 15.4 Å². The SMILES string of the molecule is C=C(/C=C\C(=N)OC)N/C(=C\C(CC)C(C)CC)Nc1ccc(OC)cc1. The molecule has 0 aliphatic rings. The average molecular weight is 372 g/mol. The van der Waals surface area contributed by atoms with E-state index in [1.807, 2.05) is 24.3 Å². The zero-order valence-electron chi connectivity index (χ0n) is 17.1. The number of benzene rings is 1. The number of anilines is 1. The van der Waals surface area contributed by atoms with E-state index in [9.17, 15) is 0 Å². The predicted octanol–water partition coefficient (Wildman–Crippen LogP) is 5.30. The first-order valence-electron chi connectivity index (χ1n) is 9.32. The summed E-state index contributed by atoms with van der Waals surface area (Å²) >= 11 is 0. The molecular formula is C22H33N3O2. The third-order valence-corrected chi connectivity index (χ3v) is 4.55. The molecule has 5 heteroatoms. The maximum absolute atomic E-state index is 7.53. The lowest BCUT2D eigenvalue weighted by Crippen LogP contribution is -2.21. The largest absolute Gasteiger partial charge is 0.497 e. The van der Waals surface area contributed by atoms with Gasteiger partial charge in [-0.25, -0.2) is 0 Å². The van der Waals surface area contributed by atoms with Crippen LogP contribution in [0.1, 0.15) is 33.6 Å². The molecule has 0 spiro atoms. The van der Waals surface area contributed by atoms with Crippen molar-refractivity contribution in [3.63, 3.8) is 0 Å². The number of hydrogen-bond donors (Lipinski definition) is 3. The smallest absolute Gasteiger partial charge is 0.205 e. The van der Waals surface area contributed by atoms with Gasteiger partial charge in [0.2, 0.25) is 5.90 Å². The number of nitrogens with one attached hydrogen (secondary N) is 3. The number of hydrogen-bond acceptors (Lipinski definition) is 5. The van der Waals surface area contributed by atoms with Crippen LogP contribution in [0, 0.1) is 17.2 Å². The molecule has 1 aromatic carbocycles. The quantitative estimate of drug-likeness (QED) is 0.280. The van der Waals surface area contributed by atoms with Gasteiger partial charge in [0.15, 0.2) is 0 Å². The number of methoxy groups -OCH3 is 2. The molecule has 0 amide bonds. The first-order chi connectivity index (χ1) is 12.9. The third-order valence-electron chi connectivity index (χ3n) is 4.55. The Hall–Kier alpha value is -2.69. The van der Waals surface area contributed by atoms with Crippen molar-refractivity contribution in [3.8, 4) is 5.75 Å². The van der Waals surface area contributed by atoms with Crippen LogP contribution in [-0.4, -0.2) is 20.1 Å². The Labute approximate surface area is 163 Å². The number of rotatable bonds is 11. The molecule has 5 nitrogen and oxygen atoms in total. The highest BCUT2D eigenvalue weighted by Gasteiger charge is 2.13. The first-order valence-corrected chi connectivity index (χ1v) is 9.32. The van der Waals surface area contributed by atoms with Crippen molar-refractivity contribution in [2.75, 3.05) is 19.5 Å². The lowest BCUT2D eigenvalue weighted by atomic mass is 9.89. The van der Waals surface area contributed by atoms with E-state index in [1.165, 1.54) is 7.11 Å². The molecule has 0 radical (unpaired) electrons. The van der Waals surface area contributed by atoms with Gasteiger partial charge in [0.1, 0.15) is 11.6 Å². The fraction of sp³-hybridized carbons (Fsp3) is 0.409. The van der Waals surface area contributed by atoms with E-state index in [0.29, 0.717) is 17.5 Å². The molecule has 0 saturated carbocycles. The molecule has 0 aromatic heterocycles. The first kappa shape index (κ1) is 22.4. The Morgan fingerprint density at radius 1 is 1.15 bits per heavy atom. The topological polar surface area (TPSA) is 66.4 Å². The highest BCUT2D eigenvalue weighted by atomic mass is 16.5. The fourth-order valence-electron chi connectivity index (χ4n) is 2.60. The molecule has 0 heterocycles. The summed E-state index contributed by atoms with van der Waals surface area (Å²) < 4.78 is 10.1. The second-order valence-electron chi connectivity index (χ2n) is 6.44. The molecule has 0 bridgehead atoms. The molecule has 0 aliphatic carbocycles. The van der Waals surface area contributed by atoms with Gasteiger partial charge in [0, 0.05) is 17.5 Å². The molecule has 0 fully saturated rings. The van der Waals surface area contributed by atoms with Crippen molar-refractivity contribution >= 4 is 11.6 Å². The van der Waals surface area contributed by atoms with Crippen LogP contribution in [-0.2, 0) is 4.74 Å². The van der Waals surface area contributed by atoms with Gasteiger partial charge >= 0.3 is 0 Å². The van der Waals surface area contributed by atoms with Gasteiger partial charge in [-0.2, -0.15) is 0 Å². The Morgan fingerprint density at radius 3 is 2.33 bits per heavy atom. The van der Waals surface area contributed by atoms with Crippen molar-refractivity contribution in [3.05, 3.63) is 60.6 Å². The van der Waals surface area contributed by atoms with Crippen LogP contribution in [0.25, 0.3) is 0 Å². The second kappa shape index (κ2) is 11.8. The highest BCUT2D eigenvalue weighted by Crippen LogP contribution is 2.23. The third kappa shape index (κ3) is 8.03. The molecule has 27 heavy (non-hydrogen) atoms. The van der Waals surface area contributed by atoms with Gasteiger partial charge in [-0.15, -0.1) is 0 Å². The number of allylic oxidation sites excluding steroid dienone is 2. The lowest BCUT2D eigenvalue weighted by Gasteiger charge is -2.21. The number of ether oxygens (including phenoxy) is 2. The summed E-state index contributed by atoms with van der Waals surface area (Å²) in [5.41, 5.74) is 1.62. The maximum Gasteiger partial charge on any atom is 0.205 e. The molecule has 2 unspecified atom stereocenters. The van der Waals surface area contributed by atoms with Gasteiger partial charge < -0.3 is 20.1 Å². The minimum Gasteiger partial charge on any atom is -0.497 e. The summed E-state index contributed by atoms with van der Waals surface area (Å²) in [6, 6.07) is 7.77. The summed E-state index contributed by atoms with van der Waals surface area (Å²) in [4.78, 5) is 0. The highest BCUT2D eigenvalue weighted by molar-refractivity contribution is 5.85. The van der Waals surface area contributed by atoms with Crippen molar-refractivity contribution in [1.82, 2.24) is 5.32 Å². The average Bonchev–Trinajstić information content (AvgIpc) is 2.69. The minimum atomic E-state index is 0.0811. The van der Waals surface area contributed by atoms with Gasteiger partial charge in [-0.1, -0.05) is 33.8 Å². The van der Waals surface area contributed by atoms with Crippen molar-refractivity contribution in [2.45, 2.75) is 33.6 Å². The predicted molar refractivity (Wildman–Crippen MR) is 114 cm³/mol. The van der Waals surface area contributed by atoms with Crippen LogP contribution >= 0.6 is 0 Å². The summed E-state index contributed by atoms with van der Waals surface area (Å²) in [5, 5.41) is 14.3. The van der Waals surface area contributed by atoms with Gasteiger partial charge in [-0.05, 0) is 54.7 Å². The van der Waals surface area contributed by atoms with Crippen molar-refractivity contribution in [2.24, 2.45) is 11.8 Å². The maximum atomic E-state index is 7.53. The van der Waals surface area contributed by atoms with E-state index in [4.69, 9.17) is 14.9 Å².